The summed E-state index contributed by atoms with van der Waals surface area (Å²) in [6.45, 7) is 5.75. The lowest BCUT2D eigenvalue weighted by molar-refractivity contribution is 0.166. The lowest BCUT2D eigenvalue weighted by atomic mass is 9.98. The Bertz CT molecular complexity index is 1090. The van der Waals surface area contributed by atoms with Crippen molar-refractivity contribution >= 4 is 34.5 Å². The third-order valence-electron chi connectivity index (χ3n) is 5.26. The highest BCUT2D eigenvalue weighted by molar-refractivity contribution is 6.31. The maximum Gasteiger partial charge on any atom is 0.317 e. The zero-order valence-electron chi connectivity index (χ0n) is 17.5. The van der Waals surface area contributed by atoms with E-state index in [-0.39, 0.29) is 23.8 Å². The van der Waals surface area contributed by atoms with Gasteiger partial charge < -0.3 is 20.5 Å². The van der Waals surface area contributed by atoms with Crippen molar-refractivity contribution in [1.82, 2.24) is 30.2 Å². The van der Waals surface area contributed by atoms with Crippen LogP contribution in [0.2, 0.25) is 5.02 Å². The minimum Gasteiger partial charge on any atom is -0.367 e. The fourth-order valence-corrected chi connectivity index (χ4v) is 3.94. The SMILES string of the molecule is CC(C)NC(=O)N1CCCC(CNc2nc(-c3c[nH]c4ncc(Cl)cc34)ncc2F)C1. The van der Waals surface area contributed by atoms with Crippen LogP contribution in [0.4, 0.5) is 15.0 Å². The van der Waals surface area contributed by atoms with Crippen molar-refractivity contribution in [2.75, 3.05) is 25.0 Å². The molecular formula is C21H25ClFN7O. The summed E-state index contributed by atoms with van der Waals surface area (Å²) in [4.78, 5) is 29.9. The number of halogens is 2. The molecule has 3 N–H and O–H groups in total. The number of hydrogen-bond donors (Lipinski definition) is 3. The van der Waals surface area contributed by atoms with Crippen LogP contribution in [0, 0.1) is 11.7 Å². The van der Waals surface area contributed by atoms with Crippen LogP contribution in [0.5, 0.6) is 0 Å². The Morgan fingerprint density at radius 1 is 1.39 bits per heavy atom. The molecule has 4 heterocycles. The number of hydrogen-bond acceptors (Lipinski definition) is 5. The first-order valence-corrected chi connectivity index (χ1v) is 10.7. The van der Waals surface area contributed by atoms with E-state index < -0.39 is 5.82 Å². The van der Waals surface area contributed by atoms with Gasteiger partial charge in [0.1, 0.15) is 5.65 Å². The number of likely N-dealkylation sites (tertiary alicyclic amines) is 1. The number of fused-ring (bicyclic) bond motifs is 1. The Kier molecular flexibility index (Phi) is 6.22. The molecule has 3 aromatic rings. The zero-order chi connectivity index (χ0) is 22.0. The number of carbonyl (C=O) groups is 1. The van der Waals surface area contributed by atoms with Crippen LogP contribution in [0.15, 0.2) is 24.7 Å². The highest BCUT2D eigenvalue weighted by Gasteiger charge is 2.24. The largest absolute Gasteiger partial charge is 0.367 e. The quantitative estimate of drug-likeness (QED) is 0.550. The molecule has 164 valence electrons. The fourth-order valence-electron chi connectivity index (χ4n) is 3.78. The van der Waals surface area contributed by atoms with Crippen molar-refractivity contribution in [2.45, 2.75) is 32.7 Å². The van der Waals surface area contributed by atoms with E-state index in [1.54, 1.807) is 18.5 Å². The number of piperidine rings is 1. The van der Waals surface area contributed by atoms with Gasteiger partial charge in [0.2, 0.25) is 0 Å². The molecule has 1 saturated heterocycles. The van der Waals surface area contributed by atoms with Crippen LogP contribution in [0.3, 0.4) is 0 Å². The van der Waals surface area contributed by atoms with Crippen LogP contribution in [0.1, 0.15) is 26.7 Å². The monoisotopic (exact) mass is 445 g/mol. The zero-order valence-corrected chi connectivity index (χ0v) is 18.2. The summed E-state index contributed by atoms with van der Waals surface area (Å²) in [5.41, 5.74) is 1.35. The molecule has 2 amide bonds. The second kappa shape index (κ2) is 9.05. The van der Waals surface area contributed by atoms with Crippen molar-refractivity contribution in [3.8, 4) is 11.4 Å². The number of aromatic nitrogens is 4. The molecule has 0 aliphatic carbocycles. The number of urea groups is 1. The molecule has 1 fully saturated rings. The van der Waals surface area contributed by atoms with E-state index in [4.69, 9.17) is 11.6 Å². The number of amides is 2. The number of rotatable bonds is 5. The Hall–Kier alpha value is -2.94. The first-order chi connectivity index (χ1) is 14.9. The smallest absolute Gasteiger partial charge is 0.317 e. The summed E-state index contributed by atoms with van der Waals surface area (Å²) in [7, 11) is 0. The molecule has 0 aromatic carbocycles. The van der Waals surface area contributed by atoms with Crippen LogP contribution in [0.25, 0.3) is 22.4 Å². The van der Waals surface area contributed by atoms with Crippen LogP contribution in [-0.2, 0) is 0 Å². The third-order valence-corrected chi connectivity index (χ3v) is 5.47. The second-order valence-corrected chi connectivity index (χ2v) is 8.52. The van der Waals surface area contributed by atoms with Crippen molar-refractivity contribution < 1.29 is 9.18 Å². The summed E-state index contributed by atoms with van der Waals surface area (Å²) >= 11 is 6.07. The molecule has 1 aliphatic heterocycles. The van der Waals surface area contributed by atoms with Gasteiger partial charge in [-0.15, -0.1) is 0 Å². The number of carbonyl (C=O) groups excluding carboxylic acids is 1. The minimum absolute atomic E-state index is 0.0539. The Morgan fingerprint density at radius 3 is 3.03 bits per heavy atom. The molecule has 0 saturated carbocycles. The van der Waals surface area contributed by atoms with Crippen LogP contribution in [-0.4, -0.2) is 56.5 Å². The van der Waals surface area contributed by atoms with E-state index >= 15 is 0 Å². The molecule has 0 spiro atoms. The number of anilines is 1. The fraction of sp³-hybridized carbons (Fsp3) is 0.429. The summed E-state index contributed by atoms with van der Waals surface area (Å²) in [6.07, 6.45) is 6.32. The van der Waals surface area contributed by atoms with Crippen molar-refractivity contribution in [1.29, 1.82) is 0 Å². The van der Waals surface area contributed by atoms with Gasteiger partial charge in [-0.1, -0.05) is 11.6 Å². The lowest BCUT2D eigenvalue weighted by Crippen LogP contribution is -2.48. The predicted molar refractivity (Wildman–Crippen MR) is 119 cm³/mol. The lowest BCUT2D eigenvalue weighted by Gasteiger charge is -2.33. The van der Waals surface area contributed by atoms with Gasteiger partial charge in [0.25, 0.3) is 0 Å². The van der Waals surface area contributed by atoms with E-state index in [2.05, 4.69) is 30.6 Å². The number of nitrogens with zero attached hydrogens (tertiary/aromatic N) is 4. The van der Waals surface area contributed by atoms with E-state index in [1.807, 2.05) is 18.7 Å². The van der Waals surface area contributed by atoms with E-state index in [9.17, 15) is 9.18 Å². The number of aromatic amines is 1. The molecule has 3 aromatic heterocycles. The average Bonchev–Trinajstić information content (AvgIpc) is 3.16. The summed E-state index contributed by atoms with van der Waals surface area (Å²) in [5.74, 6) is 0.199. The van der Waals surface area contributed by atoms with Gasteiger partial charge in [-0.05, 0) is 38.7 Å². The van der Waals surface area contributed by atoms with Gasteiger partial charge in [-0.25, -0.2) is 24.1 Å². The standard InChI is InChI=1S/C21H25ClFN7O/c1-12(2)28-21(31)30-5-3-4-13(11-30)7-24-20-17(23)10-27-19(29-20)16-9-26-18-15(16)6-14(22)8-25-18/h6,8-10,12-13H,3-5,7,11H2,1-2H3,(H,25,26)(H,28,31)(H,24,27,29). The van der Waals surface area contributed by atoms with Gasteiger partial charge in [-0.2, -0.15) is 0 Å². The summed E-state index contributed by atoms with van der Waals surface area (Å²) < 4.78 is 14.4. The van der Waals surface area contributed by atoms with Gasteiger partial charge in [-0.3, -0.25) is 0 Å². The number of pyridine rings is 1. The first-order valence-electron chi connectivity index (χ1n) is 10.4. The average molecular weight is 446 g/mol. The predicted octanol–water partition coefficient (Wildman–Crippen LogP) is 4.05. The van der Waals surface area contributed by atoms with Crippen molar-refractivity contribution in [2.24, 2.45) is 5.92 Å². The van der Waals surface area contributed by atoms with Gasteiger partial charge >= 0.3 is 6.03 Å². The van der Waals surface area contributed by atoms with Crippen molar-refractivity contribution in [3.05, 3.63) is 35.5 Å². The van der Waals surface area contributed by atoms with Crippen molar-refractivity contribution in [3.63, 3.8) is 0 Å². The number of H-pyrrole nitrogens is 1. The van der Waals surface area contributed by atoms with Gasteiger partial charge in [0.15, 0.2) is 17.5 Å². The Morgan fingerprint density at radius 2 is 2.23 bits per heavy atom. The van der Waals surface area contributed by atoms with E-state index in [1.165, 1.54) is 0 Å². The summed E-state index contributed by atoms with van der Waals surface area (Å²) in [5, 5.41) is 7.30. The van der Waals surface area contributed by atoms with Gasteiger partial charge in [0.05, 0.1) is 11.2 Å². The molecule has 1 aliphatic rings. The second-order valence-electron chi connectivity index (χ2n) is 8.08. The van der Waals surface area contributed by atoms with E-state index in [0.717, 1.165) is 31.0 Å². The molecule has 31 heavy (non-hydrogen) atoms. The Labute approximate surface area is 184 Å². The number of nitrogens with one attached hydrogen (secondary N) is 3. The molecule has 10 heteroatoms. The maximum atomic E-state index is 14.4. The van der Waals surface area contributed by atoms with Gasteiger partial charge in [0, 0.05) is 49.0 Å². The van der Waals surface area contributed by atoms with Crippen LogP contribution < -0.4 is 10.6 Å². The molecule has 1 unspecified atom stereocenters. The van der Waals surface area contributed by atoms with E-state index in [0.29, 0.717) is 35.1 Å². The third kappa shape index (κ3) is 4.87. The highest BCUT2D eigenvalue weighted by Crippen LogP contribution is 2.28. The molecule has 0 bridgehead atoms. The highest BCUT2D eigenvalue weighted by atomic mass is 35.5. The topological polar surface area (TPSA) is 98.8 Å². The van der Waals surface area contributed by atoms with Crippen LogP contribution >= 0.6 is 11.6 Å². The first kappa shape index (κ1) is 21.3. The molecular weight excluding hydrogens is 421 g/mol. The maximum absolute atomic E-state index is 14.4. The normalized spacial score (nSPS) is 16.7. The molecule has 4 rings (SSSR count). The minimum atomic E-state index is -0.523. The molecule has 1 atom stereocenters. The Balaban J connectivity index is 1.47. The molecule has 8 nitrogen and oxygen atoms in total. The molecule has 0 radical (unpaired) electrons. The summed E-state index contributed by atoms with van der Waals surface area (Å²) in [6, 6.07) is 1.81.